The van der Waals surface area contributed by atoms with Gasteiger partial charge >= 0.3 is 0 Å². The molecule has 0 bridgehead atoms. The Morgan fingerprint density at radius 1 is 1.00 bits per heavy atom. The number of anilines is 1. The number of aryl methyl sites for hydroxylation is 1. The summed E-state index contributed by atoms with van der Waals surface area (Å²) in [5, 5.41) is 11.2. The number of nitrogens with zero attached hydrogens (tertiary/aromatic N) is 1. The monoisotopic (exact) mass is 417 g/mol. The average Bonchev–Trinajstić information content (AvgIpc) is 3.05. The van der Waals surface area contributed by atoms with E-state index in [4.69, 9.17) is 4.74 Å². The van der Waals surface area contributed by atoms with Crippen molar-refractivity contribution in [2.45, 2.75) is 13.0 Å². The van der Waals surface area contributed by atoms with Gasteiger partial charge in [-0.05, 0) is 48.9 Å². The second-order valence-corrected chi connectivity index (χ2v) is 7.26. The highest BCUT2D eigenvalue weighted by Crippen LogP contribution is 2.43. The summed E-state index contributed by atoms with van der Waals surface area (Å²) in [5.41, 5.74) is 2.06. The highest BCUT2D eigenvalue weighted by Gasteiger charge is 2.47. The molecule has 3 aromatic carbocycles. The number of ether oxygens (including phenoxy) is 1. The molecule has 0 aromatic heterocycles. The lowest BCUT2D eigenvalue weighted by molar-refractivity contribution is -0.132. The van der Waals surface area contributed by atoms with Crippen LogP contribution in [-0.4, -0.2) is 23.9 Å². The summed E-state index contributed by atoms with van der Waals surface area (Å²) in [5.74, 6) is -2.01. The third-order valence-electron chi connectivity index (χ3n) is 5.27. The number of hydrogen-bond donors (Lipinski definition) is 1. The van der Waals surface area contributed by atoms with Crippen LogP contribution in [0.1, 0.15) is 22.7 Å². The lowest BCUT2D eigenvalue weighted by Gasteiger charge is -2.25. The first-order chi connectivity index (χ1) is 14.9. The maximum Gasteiger partial charge on any atom is 0.300 e. The molecule has 1 heterocycles. The van der Waals surface area contributed by atoms with Crippen molar-refractivity contribution in [3.05, 3.63) is 101 Å². The minimum Gasteiger partial charge on any atom is -0.507 e. The van der Waals surface area contributed by atoms with E-state index in [1.165, 1.54) is 36.3 Å². The first-order valence-electron chi connectivity index (χ1n) is 9.69. The van der Waals surface area contributed by atoms with Crippen LogP contribution in [0.3, 0.4) is 0 Å². The van der Waals surface area contributed by atoms with Gasteiger partial charge in [0.2, 0.25) is 0 Å². The zero-order valence-corrected chi connectivity index (χ0v) is 17.0. The van der Waals surface area contributed by atoms with Gasteiger partial charge in [-0.2, -0.15) is 0 Å². The minimum absolute atomic E-state index is 0.0793. The zero-order valence-electron chi connectivity index (χ0n) is 17.0. The molecule has 1 fully saturated rings. The smallest absolute Gasteiger partial charge is 0.300 e. The van der Waals surface area contributed by atoms with Gasteiger partial charge in [0.05, 0.1) is 24.3 Å². The Hall–Kier alpha value is -3.93. The molecule has 5 nitrogen and oxygen atoms in total. The fraction of sp³-hybridized carbons (Fsp3) is 0.120. The van der Waals surface area contributed by atoms with Crippen molar-refractivity contribution in [3.8, 4) is 5.75 Å². The van der Waals surface area contributed by atoms with Crippen LogP contribution in [-0.2, 0) is 9.59 Å². The highest BCUT2D eigenvalue weighted by atomic mass is 19.1. The van der Waals surface area contributed by atoms with Gasteiger partial charge in [0.15, 0.2) is 0 Å². The normalized spacial score (nSPS) is 17.8. The summed E-state index contributed by atoms with van der Waals surface area (Å²) in [6.07, 6.45) is 0. The fourth-order valence-corrected chi connectivity index (χ4v) is 3.80. The largest absolute Gasteiger partial charge is 0.507 e. The van der Waals surface area contributed by atoms with Gasteiger partial charge in [-0.15, -0.1) is 0 Å². The Kier molecular flexibility index (Phi) is 5.29. The van der Waals surface area contributed by atoms with E-state index in [1.54, 1.807) is 42.5 Å². The van der Waals surface area contributed by atoms with Gasteiger partial charge in [-0.3, -0.25) is 14.5 Å². The van der Waals surface area contributed by atoms with Crippen LogP contribution in [0, 0.1) is 12.7 Å². The van der Waals surface area contributed by atoms with Crippen molar-refractivity contribution in [2.24, 2.45) is 0 Å². The van der Waals surface area contributed by atoms with Crippen LogP contribution in [0.25, 0.3) is 5.76 Å². The van der Waals surface area contributed by atoms with Crippen molar-refractivity contribution in [1.82, 2.24) is 0 Å². The molecule has 4 rings (SSSR count). The van der Waals surface area contributed by atoms with Gasteiger partial charge in [0.1, 0.15) is 17.3 Å². The van der Waals surface area contributed by atoms with Crippen LogP contribution in [0.5, 0.6) is 5.75 Å². The quantitative estimate of drug-likeness (QED) is 0.377. The SMILES string of the molecule is COc1ccc(C)cc1/C(O)=C1\C(=O)C(=O)N(c2ccccc2)C1c1ccc(F)cc1. The molecule has 1 aliphatic rings. The Bertz CT molecular complexity index is 1190. The summed E-state index contributed by atoms with van der Waals surface area (Å²) in [6.45, 7) is 1.84. The first-order valence-corrected chi connectivity index (χ1v) is 9.69. The van der Waals surface area contributed by atoms with Crippen LogP contribution >= 0.6 is 0 Å². The number of Topliss-reactive ketones (excluding diaryl/α,β-unsaturated/α-hetero) is 1. The summed E-state index contributed by atoms with van der Waals surface area (Å²) < 4.78 is 18.9. The topological polar surface area (TPSA) is 66.8 Å². The van der Waals surface area contributed by atoms with Gasteiger partial charge in [-0.1, -0.05) is 42.0 Å². The standard InChI is InChI=1S/C25H20FNO4/c1-15-8-13-20(31-2)19(14-15)23(28)21-22(16-9-11-17(26)12-10-16)27(25(30)24(21)29)18-6-4-3-5-7-18/h3-14,22,28H,1-2H3/b23-21+. The number of aliphatic hydroxyl groups excluding tert-OH is 1. The molecule has 0 radical (unpaired) electrons. The number of rotatable bonds is 4. The van der Waals surface area contributed by atoms with Crippen LogP contribution < -0.4 is 9.64 Å². The number of carbonyl (C=O) groups excluding carboxylic acids is 2. The molecule has 1 unspecified atom stereocenters. The molecule has 3 aromatic rings. The van der Waals surface area contributed by atoms with E-state index in [2.05, 4.69) is 0 Å². The van der Waals surface area contributed by atoms with E-state index in [0.717, 1.165) is 5.56 Å². The molecular formula is C25H20FNO4. The van der Waals surface area contributed by atoms with Crippen molar-refractivity contribution < 1.29 is 23.8 Å². The molecular weight excluding hydrogens is 397 g/mol. The number of ketones is 1. The molecule has 31 heavy (non-hydrogen) atoms. The molecule has 6 heteroatoms. The highest BCUT2D eigenvalue weighted by molar-refractivity contribution is 6.51. The number of para-hydroxylation sites is 1. The average molecular weight is 417 g/mol. The maximum absolute atomic E-state index is 13.6. The van der Waals surface area contributed by atoms with Crippen LogP contribution in [0.15, 0.2) is 78.4 Å². The number of carbonyl (C=O) groups is 2. The second-order valence-electron chi connectivity index (χ2n) is 7.26. The van der Waals surface area contributed by atoms with E-state index >= 15 is 0 Å². The molecule has 1 N–H and O–H groups in total. The minimum atomic E-state index is -0.923. The van der Waals surface area contributed by atoms with Gasteiger partial charge in [0.25, 0.3) is 11.7 Å². The number of benzene rings is 3. The second kappa shape index (κ2) is 8.07. The first kappa shape index (κ1) is 20.3. The number of methoxy groups -OCH3 is 1. The summed E-state index contributed by atoms with van der Waals surface area (Å²) in [7, 11) is 1.46. The lowest BCUT2D eigenvalue weighted by Crippen LogP contribution is -2.29. The Labute approximate surface area is 179 Å². The molecule has 156 valence electrons. The Morgan fingerprint density at radius 3 is 2.32 bits per heavy atom. The van der Waals surface area contributed by atoms with Crippen molar-refractivity contribution >= 4 is 23.1 Å². The third-order valence-corrected chi connectivity index (χ3v) is 5.27. The number of hydrogen-bond acceptors (Lipinski definition) is 4. The Morgan fingerprint density at radius 2 is 1.68 bits per heavy atom. The molecule has 1 atom stereocenters. The van der Waals surface area contributed by atoms with E-state index < -0.39 is 23.5 Å². The molecule has 1 aliphatic heterocycles. The lowest BCUT2D eigenvalue weighted by atomic mass is 9.94. The van der Waals surface area contributed by atoms with Gasteiger partial charge in [0, 0.05) is 5.69 Å². The summed E-state index contributed by atoms with van der Waals surface area (Å²) >= 11 is 0. The van der Waals surface area contributed by atoms with E-state index in [1.807, 2.05) is 13.0 Å². The Balaban J connectivity index is 1.98. The van der Waals surface area contributed by atoms with Gasteiger partial charge in [-0.25, -0.2) is 4.39 Å². The third kappa shape index (κ3) is 3.57. The maximum atomic E-state index is 13.6. The fourth-order valence-electron chi connectivity index (χ4n) is 3.80. The van der Waals surface area contributed by atoms with Crippen LogP contribution in [0.4, 0.5) is 10.1 Å². The predicted octanol–water partition coefficient (Wildman–Crippen LogP) is 4.77. The van der Waals surface area contributed by atoms with Crippen molar-refractivity contribution in [3.63, 3.8) is 0 Å². The van der Waals surface area contributed by atoms with E-state index in [0.29, 0.717) is 22.6 Å². The van der Waals surface area contributed by atoms with E-state index in [-0.39, 0.29) is 11.3 Å². The number of amides is 1. The number of halogens is 1. The van der Waals surface area contributed by atoms with Crippen molar-refractivity contribution in [1.29, 1.82) is 0 Å². The molecule has 0 saturated carbocycles. The molecule has 1 saturated heterocycles. The van der Waals surface area contributed by atoms with Gasteiger partial charge < -0.3 is 9.84 Å². The van der Waals surface area contributed by atoms with Crippen LogP contribution in [0.2, 0.25) is 0 Å². The predicted molar refractivity (Wildman–Crippen MR) is 115 cm³/mol. The summed E-state index contributed by atoms with van der Waals surface area (Å²) in [4.78, 5) is 27.5. The number of aliphatic hydroxyl groups is 1. The van der Waals surface area contributed by atoms with E-state index in [9.17, 15) is 19.1 Å². The summed E-state index contributed by atoms with van der Waals surface area (Å²) in [6, 6.07) is 18.5. The molecule has 0 aliphatic carbocycles. The van der Waals surface area contributed by atoms with Crippen molar-refractivity contribution in [2.75, 3.05) is 12.0 Å². The molecule has 0 spiro atoms. The molecule has 1 amide bonds. The zero-order chi connectivity index (χ0) is 22.1.